The second-order valence-corrected chi connectivity index (χ2v) is 3.51. The number of halogens is 1. The molecule has 5 heteroatoms. The van der Waals surface area contributed by atoms with Crippen molar-refractivity contribution in [1.82, 2.24) is 15.6 Å². The van der Waals surface area contributed by atoms with Gasteiger partial charge in [0.15, 0.2) is 0 Å². The van der Waals surface area contributed by atoms with Crippen molar-refractivity contribution in [2.45, 2.75) is 26.4 Å². The van der Waals surface area contributed by atoms with Crippen LogP contribution in [0.5, 0.6) is 0 Å². The minimum absolute atomic E-state index is 0.0631. The first kappa shape index (κ1) is 12.6. The molecule has 0 aromatic carbocycles. The molecule has 4 nitrogen and oxygen atoms in total. The maximum atomic E-state index is 12.8. The van der Waals surface area contributed by atoms with Gasteiger partial charge in [-0.2, -0.15) is 0 Å². The summed E-state index contributed by atoms with van der Waals surface area (Å²) in [5.41, 5.74) is 0.719. The van der Waals surface area contributed by atoms with Crippen molar-refractivity contribution < 1.29 is 9.18 Å². The van der Waals surface area contributed by atoms with E-state index < -0.39 is 0 Å². The SMILES string of the molecule is CCNC(=O)C(C)NCc1cncc(F)c1. The predicted molar refractivity (Wildman–Crippen MR) is 59.2 cm³/mol. The summed E-state index contributed by atoms with van der Waals surface area (Å²) in [7, 11) is 0. The monoisotopic (exact) mass is 225 g/mol. The zero-order valence-corrected chi connectivity index (χ0v) is 9.46. The Morgan fingerprint density at radius 2 is 2.31 bits per heavy atom. The van der Waals surface area contributed by atoms with Crippen molar-refractivity contribution in [2.75, 3.05) is 6.54 Å². The lowest BCUT2D eigenvalue weighted by Crippen LogP contribution is -2.41. The molecule has 0 saturated carbocycles. The summed E-state index contributed by atoms with van der Waals surface area (Å²) >= 11 is 0. The van der Waals surface area contributed by atoms with Gasteiger partial charge in [0.1, 0.15) is 5.82 Å². The Morgan fingerprint density at radius 3 is 2.94 bits per heavy atom. The van der Waals surface area contributed by atoms with E-state index in [1.807, 2.05) is 6.92 Å². The van der Waals surface area contributed by atoms with Gasteiger partial charge in [-0.1, -0.05) is 0 Å². The number of hydrogen-bond donors (Lipinski definition) is 2. The minimum atomic E-state index is -0.370. The largest absolute Gasteiger partial charge is 0.355 e. The number of hydrogen-bond acceptors (Lipinski definition) is 3. The molecule has 1 rings (SSSR count). The smallest absolute Gasteiger partial charge is 0.236 e. The quantitative estimate of drug-likeness (QED) is 0.780. The van der Waals surface area contributed by atoms with E-state index in [2.05, 4.69) is 15.6 Å². The molecule has 1 amide bonds. The molecule has 0 aliphatic heterocycles. The van der Waals surface area contributed by atoms with Gasteiger partial charge in [-0.3, -0.25) is 9.78 Å². The van der Waals surface area contributed by atoms with Crippen LogP contribution in [0, 0.1) is 5.82 Å². The molecule has 1 aromatic heterocycles. The lowest BCUT2D eigenvalue weighted by molar-refractivity contribution is -0.122. The zero-order chi connectivity index (χ0) is 12.0. The summed E-state index contributed by atoms with van der Waals surface area (Å²) in [5, 5.41) is 5.69. The van der Waals surface area contributed by atoms with Gasteiger partial charge in [-0.05, 0) is 25.5 Å². The topological polar surface area (TPSA) is 54.0 Å². The Bertz CT molecular complexity index is 357. The molecule has 0 aliphatic carbocycles. The number of pyridine rings is 1. The average Bonchev–Trinajstić information content (AvgIpc) is 2.26. The van der Waals surface area contributed by atoms with Crippen LogP contribution in [0.25, 0.3) is 0 Å². The summed E-state index contributed by atoms with van der Waals surface area (Å²) in [6, 6.07) is 1.09. The van der Waals surface area contributed by atoms with E-state index in [0.717, 1.165) is 11.8 Å². The van der Waals surface area contributed by atoms with E-state index in [1.165, 1.54) is 6.07 Å². The standard InChI is InChI=1S/C11H16FN3O/c1-3-14-11(16)8(2)15-6-9-4-10(12)7-13-5-9/h4-5,7-8,15H,3,6H2,1-2H3,(H,14,16). The molecule has 0 spiro atoms. The van der Waals surface area contributed by atoms with Crippen LogP contribution in [0.3, 0.4) is 0 Å². The molecule has 16 heavy (non-hydrogen) atoms. The van der Waals surface area contributed by atoms with Crippen LogP contribution in [-0.2, 0) is 11.3 Å². The lowest BCUT2D eigenvalue weighted by Gasteiger charge is -2.12. The summed E-state index contributed by atoms with van der Waals surface area (Å²) < 4.78 is 12.8. The Kier molecular flexibility index (Phi) is 4.85. The Hall–Kier alpha value is -1.49. The second-order valence-electron chi connectivity index (χ2n) is 3.51. The normalized spacial score (nSPS) is 12.2. The number of likely N-dealkylation sites (N-methyl/N-ethyl adjacent to an activating group) is 1. The lowest BCUT2D eigenvalue weighted by atomic mass is 10.2. The fourth-order valence-electron chi connectivity index (χ4n) is 1.24. The molecule has 1 atom stereocenters. The fraction of sp³-hybridized carbons (Fsp3) is 0.455. The van der Waals surface area contributed by atoms with Crippen LogP contribution in [0.1, 0.15) is 19.4 Å². The third kappa shape index (κ3) is 3.94. The number of carbonyl (C=O) groups excluding carboxylic acids is 1. The number of rotatable bonds is 5. The molecular formula is C11H16FN3O. The molecule has 2 N–H and O–H groups in total. The van der Waals surface area contributed by atoms with Gasteiger partial charge >= 0.3 is 0 Å². The molecule has 1 aromatic rings. The molecule has 0 aliphatic rings. The summed E-state index contributed by atoms with van der Waals surface area (Å²) in [6.45, 7) is 4.65. The predicted octanol–water partition coefficient (Wildman–Crippen LogP) is 0.835. The number of carbonyl (C=O) groups is 1. The van der Waals surface area contributed by atoms with Gasteiger partial charge in [-0.15, -0.1) is 0 Å². The third-order valence-electron chi connectivity index (χ3n) is 2.12. The van der Waals surface area contributed by atoms with Crippen molar-refractivity contribution in [3.8, 4) is 0 Å². The Morgan fingerprint density at radius 1 is 1.56 bits per heavy atom. The second kappa shape index (κ2) is 6.17. The number of nitrogens with zero attached hydrogens (tertiary/aromatic N) is 1. The van der Waals surface area contributed by atoms with Crippen molar-refractivity contribution in [3.63, 3.8) is 0 Å². The van der Waals surface area contributed by atoms with Gasteiger partial charge in [0.05, 0.1) is 12.2 Å². The average molecular weight is 225 g/mol. The fourth-order valence-corrected chi connectivity index (χ4v) is 1.24. The van der Waals surface area contributed by atoms with Gasteiger partial charge in [0, 0.05) is 19.3 Å². The summed E-state index contributed by atoms with van der Waals surface area (Å²) in [6.07, 6.45) is 2.72. The highest BCUT2D eigenvalue weighted by Gasteiger charge is 2.10. The van der Waals surface area contributed by atoms with E-state index in [0.29, 0.717) is 13.1 Å². The zero-order valence-electron chi connectivity index (χ0n) is 9.46. The third-order valence-corrected chi connectivity index (χ3v) is 2.12. The molecule has 0 saturated heterocycles. The Balaban J connectivity index is 2.42. The van der Waals surface area contributed by atoms with E-state index >= 15 is 0 Å². The molecule has 0 radical (unpaired) electrons. The molecule has 0 bridgehead atoms. The molecule has 88 valence electrons. The summed E-state index contributed by atoms with van der Waals surface area (Å²) in [5.74, 6) is -0.433. The molecule has 0 fully saturated rings. The van der Waals surface area contributed by atoms with Gasteiger partial charge in [0.2, 0.25) is 5.91 Å². The minimum Gasteiger partial charge on any atom is -0.355 e. The van der Waals surface area contributed by atoms with Crippen LogP contribution >= 0.6 is 0 Å². The first-order chi connectivity index (χ1) is 7.63. The first-order valence-electron chi connectivity index (χ1n) is 5.24. The van der Waals surface area contributed by atoms with Crippen LogP contribution in [-0.4, -0.2) is 23.5 Å². The first-order valence-corrected chi connectivity index (χ1v) is 5.24. The van der Waals surface area contributed by atoms with Crippen LogP contribution < -0.4 is 10.6 Å². The van der Waals surface area contributed by atoms with E-state index in [-0.39, 0.29) is 17.8 Å². The maximum Gasteiger partial charge on any atom is 0.236 e. The highest BCUT2D eigenvalue weighted by molar-refractivity contribution is 5.81. The Labute approximate surface area is 94.3 Å². The number of nitrogens with one attached hydrogen (secondary N) is 2. The molecular weight excluding hydrogens is 209 g/mol. The van der Waals surface area contributed by atoms with Crippen molar-refractivity contribution in [3.05, 3.63) is 29.8 Å². The van der Waals surface area contributed by atoms with E-state index in [4.69, 9.17) is 0 Å². The van der Waals surface area contributed by atoms with Crippen LogP contribution in [0.15, 0.2) is 18.5 Å². The van der Waals surface area contributed by atoms with Crippen molar-refractivity contribution in [2.24, 2.45) is 0 Å². The van der Waals surface area contributed by atoms with E-state index in [1.54, 1.807) is 13.1 Å². The van der Waals surface area contributed by atoms with E-state index in [9.17, 15) is 9.18 Å². The number of aromatic nitrogens is 1. The van der Waals surface area contributed by atoms with Gasteiger partial charge < -0.3 is 10.6 Å². The number of amides is 1. The van der Waals surface area contributed by atoms with Gasteiger partial charge in [0.25, 0.3) is 0 Å². The summed E-state index contributed by atoms with van der Waals surface area (Å²) in [4.78, 5) is 15.1. The van der Waals surface area contributed by atoms with Crippen LogP contribution in [0.2, 0.25) is 0 Å². The highest BCUT2D eigenvalue weighted by Crippen LogP contribution is 2.00. The van der Waals surface area contributed by atoms with Crippen molar-refractivity contribution >= 4 is 5.91 Å². The maximum absolute atomic E-state index is 12.8. The van der Waals surface area contributed by atoms with Crippen LogP contribution in [0.4, 0.5) is 4.39 Å². The molecule has 1 heterocycles. The highest BCUT2D eigenvalue weighted by atomic mass is 19.1. The van der Waals surface area contributed by atoms with Gasteiger partial charge in [-0.25, -0.2) is 4.39 Å². The van der Waals surface area contributed by atoms with Crippen molar-refractivity contribution in [1.29, 1.82) is 0 Å². The molecule has 1 unspecified atom stereocenters.